The molecule has 4 bridgehead atoms. The van der Waals surface area contributed by atoms with E-state index in [-0.39, 0.29) is 81.8 Å². The number of nitrogens with one attached hydrogen (secondary N) is 14. The number of nitrogens with two attached hydrogens (primary N) is 1. The lowest BCUT2D eigenvalue weighted by Gasteiger charge is -2.30. The van der Waals surface area contributed by atoms with Gasteiger partial charge in [-0.05, 0) is 103 Å². The Hall–Kier alpha value is -9.16. The number of benzene rings is 1. The lowest BCUT2D eigenvalue weighted by Crippen LogP contribution is -2.61. The van der Waals surface area contributed by atoms with E-state index in [4.69, 9.17) is 5.73 Å². The lowest BCUT2D eigenvalue weighted by molar-refractivity contribution is -0.138. The third-order valence-electron chi connectivity index (χ3n) is 16.6. The van der Waals surface area contributed by atoms with Gasteiger partial charge in [0.2, 0.25) is 70.9 Å². The fourth-order valence-corrected chi connectivity index (χ4v) is 13.6. The molecule has 5 heterocycles. The maximum Gasteiger partial charge on any atom is 0.303 e. The number of aryl methyl sites for hydroxylation is 1. The van der Waals surface area contributed by atoms with E-state index in [1.807, 2.05) is 0 Å². The van der Waals surface area contributed by atoms with Crippen LogP contribution in [-0.4, -0.2) is 213 Å². The first kappa shape index (κ1) is 80.8. The van der Waals surface area contributed by atoms with Crippen molar-refractivity contribution in [3.05, 3.63) is 66.1 Å². The Morgan fingerprint density at radius 1 is 0.733 bits per heavy atom. The molecule has 0 unspecified atom stereocenters. The van der Waals surface area contributed by atoms with E-state index in [0.29, 0.717) is 27.9 Å². The standard InChI is InChI=1S/C65H97N19O15S2/c1-10-15-42-57(92)74-43-18-13-14-21-84-29-39(82-83-84)23-34(4)52(64(99)77-47(25-38-27-67-32-70-38)61(96)75-45(22-33(2)3)56(91)69-28-50(86)72-44(59(94)73-42)19-20-51(87)88)79-55(90)35(5)71-63(98)49(81-65(7,8)9)31-101-100-30-48(62(97)80-53(36(6)85)54(66)89)78-60(95)46(76-58(43)93)24-37-26-68-41-17-12-11-16-40(37)41/h11-12,16-17,26-27,29,32-36,42-49,52-53,68,81,85H,10,13-15,18-25,28,30-31H2,1-9H3,(H2,66,89)(H,67,70)(H,69,91)(H,71,98)(H,72,86)(H,73,94)(H,74,92)(H,75,96)(H,76,93)(H,77,99)(H,78,95)(H,79,90)(H,80,97)(H,87,88)/t34-,35-,36+,42-,43-,44-,45-,46-,47-,48-,49-,52-,53-/m0/s1. The van der Waals surface area contributed by atoms with Crippen molar-refractivity contribution in [2.24, 2.45) is 17.6 Å². The van der Waals surface area contributed by atoms with E-state index in [1.165, 1.54) is 31.1 Å². The number of para-hydroxylation sites is 1. The number of fused-ring (bicyclic) bond motifs is 7. The van der Waals surface area contributed by atoms with Crippen LogP contribution < -0.4 is 69.5 Å². The van der Waals surface area contributed by atoms with Crippen molar-refractivity contribution in [3.63, 3.8) is 0 Å². The summed E-state index contributed by atoms with van der Waals surface area (Å²) < 4.78 is 1.50. The largest absolute Gasteiger partial charge is 0.481 e. The third kappa shape index (κ3) is 25.8. The predicted molar refractivity (Wildman–Crippen MR) is 373 cm³/mol. The smallest absolute Gasteiger partial charge is 0.303 e. The average molecular weight is 1450 g/mol. The number of carboxylic acid groups (broad SMARTS) is 1. The van der Waals surface area contributed by atoms with Gasteiger partial charge in [-0.15, -0.1) is 5.10 Å². The molecular weight excluding hydrogens is 1350 g/mol. The second-order valence-electron chi connectivity index (χ2n) is 26.9. The molecule has 18 N–H and O–H groups in total. The molecule has 0 saturated heterocycles. The van der Waals surface area contributed by atoms with Gasteiger partial charge in [0.15, 0.2) is 0 Å². The number of aromatic nitrogens is 6. The Balaban J connectivity index is 1.50. The summed E-state index contributed by atoms with van der Waals surface area (Å²) in [6.45, 7) is 14.3. The van der Waals surface area contributed by atoms with Crippen LogP contribution in [0.15, 0.2) is 49.2 Å². The lowest BCUT2D eigenvalue weighted by atomic mass is 9.94. The van der Waals surface area contributed by atoms with Crippen LogP contribution in [0.4, 0.5) is 0 Å². The van der Waals surface area contributed by atoms with Crippen LogP contribution in [0, 0.1) is 11.8 Å². The fraction of sp³-hybridized carbons (Fsp3) is 0.600. The van der Waals surface area contributed by atoms with Crippen molar-refractivity contribution in [3.8, 4) is 0 Å². The predicted octanol–water partition coefficient (Wildman–Crippen LogP) is -1.96. The van der Waals surface area contributed by atoms with Gasteiger partial charge in [0.1, 0.15) is 60.4 Å². The highest BCUT2D eigenvalue weighted by atomic mass is 33.1. The van der Waals surface area contributed by atoms with Gasteiger partial charge in [-0.25, -0.2) is 4.98 Å². The monoisotopic (exact) mass is 1450 g/mol. The molecule has 2 aliphatic heterocycles. The van der Waals surface area contributed by atoms with Crippen LogP contribution in [0.1, 0.15) is 131 Å². The molecule has 0 saturated carbocycles. The molecular formula is C65H97N19O15S2. The van der Waals surface area contributed by atoms with Crippen LogP contribution in [-0.2, 0) is 88.1 Å². The molecule has 0 fully saturated rings. The van der Waals surface area contributed by atoms with Crippen LogP contribution in [0.25, 0.3) is 10.9 Å². The van der Waals surface area contributed by atoms with Gasteiger partial charge >= 0.3 is 5.97 Å². The Morgan fingerprint density at radius 3 is 2.06 bits per heavy atom. The van der Waals surface area contributed by atoms with E-state index in [9.17, 15) is 58.2 Å². The number of aliphatic carboxylic acids is 1. The SMILES string of the molecule is CCC[C@@H]1NC(=O)[C@H](CCC(=O)O)NC(=O)CNC(=O)[C@H](CC(C)C)NC(=O)[C@H](Cc2cnc[nH]2)NC(=O)[C@H]2NC(=O)[C@H](C)NC(=O)[C@@H](NC(C)(C)C)CSSC[C@@H](C(=O)N[C@H](C(N)=O)[C@@H](C)O)NC(=O)[C@H](Cc3c[nH]c4ccccc34)NC(=O)[C@H](CCCCn3cc(nn3)C[C@@H]2C)NC1=O. The summed E-state index contributed by atoms with van der Waals surface area (Å²) in [5, 5.41) is 62.1. The van der Waals surface area contributed by atoms with Gasteiger partial charge in [0.25, 0.3) is 0 Å². The number of hydrogen-bond acceptors (Lipinski definition) is 20. The third-order valence-corrected chi connectivity index (χ3v) is 19.0. The van der Waals surface area contributed by atoms with Crippen LogP contribution in [0.3, 0.4) is 0 Å². The summed E-state index contributed by atoms with van der Waals surface area (Å²) in [6, 6.07) is -8.78. The van der Waals surface area contributed by atoms with Crippen molar-refractivity contribution in [2.75, 3.05) is 18.1 Å². The first-order valence-corrected chi connectivity index (χ1v) is 36.2. The van der Waals surface area contributed by atoms with Crippen LogP contribution in [0.5, 0.6) is 0 Å². The number of amides is 12. The minimum atomic E-state index is -1.63. The summed E-state index contributed by atoms with van der Waals surface area (Å²) in [7, 11) is 2.10. The molecule has 6 rings (SSSR count). The minimum Gasteiger partial charge on any atom is -0.481 e. The van der Waals surface area contributed by atoms with Crippen molar-refractivity contribution >= 4 is 109 Å². The van der Waals surface area contributed by atoms with Gasteiger partial charge in [-0.2, -0.15) is 0 Å². The van der Waals surface area contributed by atoms with E-state index in [2.05, 4.69) is 89.1 Å². The highest BCUT2D eigenvalue weighted by Crippen LogP contribution is 2.26. The Morgan fingerprint density at radius 2 is 1.39 bits per heavy atom. The number of primary amides is 1. The number of rotatable bonds is 16. The number of hydrogen-bond donors (Lipinski definition) is 17. The zero-order chi connectivity index (χ0) is 74.3. The maximum absolute atomic E-state index is 15.2. The minimum absolute atomic E-state index is 0.000658. The summed E-state index contributed by atoms with van der Waals surface area (Å²) in [6.07, 6.45) is 3.51. The number of H-pyrrole nitrogens is 2. The maximum atomic E-state index is 15.2. The molecule has 4 aromatic rings. The Kier molecular flexibility index (Phi) is 30.9. The van der Waals surface area contributed by atoms with E-state index < -0.39 is 180 Å². The van der Waals surface area contributed by atoms with E-state index in [1.54, 1.807) is 85.1 Å². The summed E-state index contributed by atoms with van der Waals surface area (Å²) in [5.41, 5.74) is 6.84. The molecule has 36 heteroatoms. The number of carboxylic acids is 1. The van der Waals surface area contributed by atoms with Crippen LogP contribution in [0.2, 0.25) is 0 Å². The van der Waals surface area contributed by atoms with E-state index in [0.717, 1.165) is 21.6 Å². The first-order chi connectivity index (χ1) is 47.8. The molecule has 1 aromatic carbocycles. The van der Waals surface area contributed by atoms with Crippen molar-refractivity contribution < 1.29 is 72.5 Å². The number of aromatic amines is 2. The molecule has 0 radical (unpaired) electrons. The number of carbonyl (C=O) groups is 13. The van der Waals surface area contributed by atoms with Gasteiger partial charge in [0, 0.05) is 78.0 Å². The second kappa shape index (κ2) is 38.6. The van der Waals surface area contributed by atoms with Crippen LogP contribution >= 0.6 is 21.6 Å². The topological polar surface area (TPSA) is 508 Å². The normalized spacial score (nSPS) is 25.4. The van der Waals surface area contributed by atoms with Crippen molar-refractivity contribution in [1.82, 2.24) is 93.7 Å². The van der Waals surface area contributed by atoms with Gasteiger partial charge in [0.05, 0.1) is 30.7 Å². The Labute approximate surface area is 592 Å². The molecule has 12 amide bonds. The fourth-order valence-electron chi connectivity index (χ4n) is 11.3. The number of nitrogens with zero attached hydrogens (tertiary/aromatic N) is 4. The molecule has 2 aliphatic rings. The second-order valence-corrected chi connectivity index (χ2v) is 29.5. The first-order valence-electron chi connectivity index (χ1n) is 33.7. The van der Waals surface area contributed by atoms with Crippen molar-refractivity contribution in [2.45, 2.75) is 218 Å². The molecule has 3 aromatic heterocycles. The zero-order valence-electron chi connectivity index (χ0n) is 58.2. The Bertz CT molecular complexity index is 3540. The quantitative estimate of drug-likeness (QED) is 0.0542. The van der Waals surface area contributed by atoms with E-state index >= 15 is 14.4 Å². The number of carbonyl (C=O) groups excluding carboxylic acids is 12. The summed E-state index contributed by atoms with van der Waals surface area (Å²) >= 11 is 0. The van der Waals surface area contributed by atoms with Gasteiger partial charge in [-0.1, -0.05) is 79.1 Å². The highest BCUT2D eigenvalue weighted by molar-refractivity contribution is 8.76. The molecule has 554 valence electrons. The average Bonchev–Trinajstić information content (AvgIpc) is 1.74. The number of aliphatic hydroxyl groups excluding tert-OH is 1. The molecule has 13 atom stereocenters. The summed E-state index contributed by atoms with van der Waals surface area (Å²) in [4.78, 5) is 195. The molecule has 34 nitrogen and oxygen atoms in total. The van der Waals surface area contributed by atoms with Gasteiger partial charge < -0.3 is 89.7 Å². The summed E-state index contributed by atoms with van der Waals surface area (Å²) in [5.74, 6) is -13.6. The molecule has 101 heavy (non-hydrogen) atoms. The van der Waals surface area contributed by atoms with Crippen molar-refractivity contribution in [1.29, 1.82) is 0 Å². The highest BCUT2D eigenvalue weighted by Gasteiger charge is 2.38. The molecule has 0 aliphatic carbocycles. The number of imidazole rings is 1. The number of aliphatic hydroxyl groups is 1. The molecule has 0 spiro atoms. The van der Waals surface area contributed by atoms with Gasteiger partial charge in [-0.3, -0.25) is 67.0 Å². The zero-order valence-corrected chi connectivity index (χ0v) is 59.8.